The van der Waals surface area contributed by atoms with Crippen LogP contribution in [0.15, 0.2) is 41.0 Å². The van der Waals surface area contributed by atoms with Gasteiger partial charge in [0.1, 0.15) is 17.3 Å². The van der Waals surface area contributed by atoms with Gasteiger partial charge in [0.2, 0.25) is 0 Å². The fraction of sp³-hybridized carbons (Fsp3) is 0.0714. The predicted molar refractivity (Wildman–Crippen MR) is 79.3 cm³/mol. The third-order valence-electron chi connectivity index (χ3n) is 3.06. The molecule has 0 aliphatic rings. The maximum absolute atomic E-state index is 13.2. The smallest absolute Gasteiger partial charge is 0.181 e. The monoisotopic (exact) mass is 335 g/mol. The number of methoxy groups -OCH3 is 1. The summed E-state index contributed by atoms with van der Waals surface area (Å²) >= 11 is 3.33. The first-order chi connectivity index (χ1) is 9.61. The van der Waals surface area contributed by atoms with Gasteiger partial charge in [-0.05, 0) is 46.3 Å². The molecular formula is C14H11BrFN3O. The first-order valence-corrected chi connectivity index (χ1v) is 6.67. The lowest BCUT2D eigenvalue weighted by Crippen LogP contribution is -1.95. The van der Waals surface area contributed by atoms with Crippen LogP contribution < -0.4 is 10.5 Å². The number of anilines is 1. The number of rotatable bonds is 2. The molecule has 102 valence electrons. The van der Waals surface area contributed by atoms with E-state index in [4.69, 9.17) is 10.5 Å². The van der Waals surface area contributed by atoms with Crippen LogP contribution in [-0.4, -0.2) is 16.5 Å². The SMILES string of the molecule is COc1cccn2c(N)c(-c3ccc(F)cc3Br)nc12. The van der Waals surface area contributed by atoms with Crippen molar-refractivity contribution in [2.24, 2.45) is 0 Å². The van der Waals surface area contributed by atoms with Crippen LogP contribution in [0.1, 0.15) is 0 Å². The number of hydrogen-bond acceptors (Lipinski definition) is 3. The molecule has 2 N–H and O–H groups in total. The standard InChI is InChI=1S/C14H11BrFN3O/c1-20-11-3-2-6-19-13(17)12(18-14(11)19)9-5-4-8(16)7-10(9)15/h2-7H,17H2,1H3. The van der Waals surface area contributed by atoms with Crippen molar-refractivity contribution in [1.82, 2.24) is 9.38 Å². The Morgan fingerprint density at radius 1 is 1.35 bits per heavy atom. The molecule has 20 heavy (non-hydrogen) atoms. The highest BCUT2D eigenvalue weighted by Crippen LogP contribution is 2.34. The van der Waals surface area contributed by atoms with Gasteiger partial charge in [-0.2, -0.15) is 0 Å². The quantitative estimate of drug-likeness (QED) is 0.779. The molecule has 2 heterocycles. The van der Waals surface area contributed by atoms with E-state index in [1.807, 2.05) is 12.1 Å². The van der Waals surface area contributed by atoms with E-state index in [1.165, 1.54) is 12.1 Å². The van der Waals surface area contributed by atoms with Gasteiger partial charge in [-0.3, -0.25) is 4.40 Å². The highest BCUT2D eigenvalue weighted by Gasteiger charge is 2.16. The number of halogens is 2. The summed E-state index contributed by atoms with van der Waals surface area (Å²) in [5.41, 5.74) is 8.07. The average molecular weight is 336 g/mol. The number of pyridine rings is 1. The number of ether oxygens (including phenoxy) is 1. The van der Waals surface area contributed by atoms with Crippen molar-refractivity contribution in [3.05, 3.63) is 46.8 Å². The summed E-state index contributed by atoms with van der Waals surface area (Å²) in [7, 11) is 1.58. The predicted octanol–water partition coefficient (Wildman–Crippen LogP) is 3.49. The molecule has 0 saturated heterocycles. The number of nitrogens with two attached hydrogens (primary N) is 1. The largest absolute Gasteiger partial charge is 0.493 e. The maximum Gasteiger partial charge on any atom is 0.181 e. The summed E-state index contributed by atoms with van der Waals surface area (Å²) in [5, 5.41) is 0. The van der Waals surface area contributed by atoms with E-state index in [1.54, 1.807) is 23.8 Å². The van der Waals surface area contributed by atoms with E-state index in [-0.39, 0.29) is 5.82 Å². The molecule has 4 nitrogen and oxygen atoms in total. The third kappa shape index (κ3) is 1.92. The Balaban J connectivity index is 2.29. The van der Waals surface area contributed by atoms with Gasteiger partial charge in [0, 0.05) is 16.2 Å². The lowest BCUT2D eigenvalue weighted by atomic mass is 10.1. The normalized spacial score (nSPS) is 10.9. The number of imidazole rings is 1. The Labute approximate surface area is 123 Å². The van der Waals surface area contributed by atoms with Crippen LogP contribution in [0, 0.1) is 5.82 Å². The van der Waals surface area contributed by atoms with Gasteiger partial charge in [0.05, 0.1) is 7.11 Å². The second-order valence-corrected chi connectivity index (χ2v) is 5.09. The summed E-state index contributed by atoms with van der Waals surface area (Å²) in [6.45, 7) is 0. The first kappa shape index (κ1) is 12.9. The number of nitrogen functional groups attached to an aromatic ring is 1. The van der Waals surface area contributed by atoms with Crippen LogP contribution >= 0.6 is 15.9 Å². The highest BCUT2D eigenvalue weighted by atomic mass is 79.9. The molecular weight excluding hydrogens is 325 g/mol. The summed E-state index contributed by atoms with van der Waals surface area (Å²) in [4.78, 5) is 4.50. The van der Waals surface area contributed by atoms with Gasteiger partial charge in [-0.1, -0.05) is 0 Å². The molecule has 0 fully saturated rings. The summed E-state index contributed by atoms with van der Waals surface area (Å²) in [5.74, 6) is 0.787. The molecule has 0 atom stereocenters. The van der Waals surface area contributed by atoms with Crippen molar-refractivity contribution in [1.29, 1.82) is 0 Å². The topological polar surface area (TPSA) is 52.5 Å². The number of benzene rings is 1. The van der Waals surface area contributed by atoms with E-state index in [0.29, 0.717) is 27.4 Å². The van der Waals surface area contributed by atoms with E-state index in [2.05, 4.69) is 20.9 Å². The van der Waals surface area contributed by atoms with Gasteiger partial charge in [-0.25, -0.2) is 9.37 Å². The van der Waals surface area contributed by atoms with Gasteiger partial charge in [-0.15, -0.1) is 0 Å². The maximum atomic E-state index is 13.2. The van der Waals surface area contributed by atoms with Crippen molar-refractivity contribution >= 4 is 27.4 Å². The van der Waals surface area contributed by atoms with E-state index in [0.717, 1.165) is 5.56 Å². The van der Waals surface area contributed by atoms with Crippen LogP contribution in [0.3, 0.4) is 0 Å². The van der Waals surface area contributed by atoms with Gasteiger partial charge < -0.3 is 10.5 Å². The molecule has 2 aromatic heterocycles. The van der Waals surface area contributed by atoms with Gasteiger partial charge in [0.25, 0.3) is 0 Å². The second-order valence-electron chi connectivity index (χ2n) is 4.24. The fourth-order valence-corrected chi connectivity index (χ4v) is 2.64. The molecule has 3 rings (SSSR count). The number of fused-ring (bicyclic) bond motifs is 1. The number of nitrogens with zero attached hydrogens (tertiary/aromatic N) is 2. The molecule has 3 aromatic rings. The molecule has 0 unspecified atom stereocenters. The van der Waals surface area contributed by atoms with E-state index < -0.39 is 0 Å². The van der Waals surface area contributed by atoms with E-state index in [9.17, 15) is 4.39 Å². The third-order valence-corrected chi connectivity index (χ3v) is 3.71. The van der Waals surface area contributed by atoms with Gasteiger partial charge >= 0.3 is 0 Å². The summed E-state index contributed by atoms with van der Waals surface area (Å²) in [6.07, 6.45) is 1.81. The van der Waals surface area contributed by atoms with Crippen LogP contribution in [-0.2, 0) is 0 Å². The number of aromatic nitrogens is 2. The lowest BCUT2D eigenvalue weighted by molar-refractivity contribution is 0.417. The highest BCUT2D eigenvalue weighted by molar-refractivity contribution is 9.10. The Kier molecular flexibility index (Phi) is 3.10. The average Bonchev–Trinajstić information content (AvgIpc) is 2.76. The van der Waals surface area contributed by atoms with Crippen LogP contribution in [0.4, 0.5) is 10.2 Å². The minimum absolute atomic E-state index is 0.319. The first-order valence-electron chi connectivity index (χ1n) is 5.88. The molecule has 1 aromatic carbocycles. The molecule has 0 aliphatic carbocycles. The second kappa shape index (κ2) is 4.79. The zero-order chi connectivity index (χ0) is 14.3. The Hall–Kier alpha value is -2.08. The molecule has 6 heteroatoms. The van der Waals surface area contributed by atoms with E-state index >= 15 is 0 Å². The zero-order valence-corrected chi connectivity index (χ0v) is 12.2. The summed E-state index contributed by atoms with van der Waals surface area (Å²) < 4.78 is 20.8. The van der Waals surface area contributed by atoms with Crippen molar-refractivity contribution in [2.75, 3.05) is 12.8 Å². The van der Waals surface area contributed by atoms with Crippen molar-refractivity contribution in [3.8, 4) is 17.0 Å². The minimum atomic E-state index is -0.319. The van der Waals surface area contributed by atoms with Crippen molar-refractivity contribution in [2.45, 2.75) is 0 Å². The summed E-state index contributed by atoms with van der Waals surface area (Å²) in [6, 6.07) is 8.04. The molecule has 0 aliphatic heterocycles. The van der Waals surface area contributed by atoms with Crippen LogP contribution in [0.2, 0.25) is 0 Å². The molecule has 0 bridgehead atoms. The Bertz CT molecular complexity index is 800. The molecule has 0 amide bonds. The van der Waals surface area contributed by atoms with Crippen LogP contribution in [0.25, 0.3) is 16.9 Å². The zero-order valence-electron chi connectivity index (χ0n) is 10.6. The lowest BCUT2D eigenvalue weighted by Gasteiger charge is -2.02. The fourth-order valence-electron chi connectivity index (χ4n) is 2.10. The van der Waals surface area contributed by atoms with Crippen molar-refractivity contribution in [3.63, 3.8) is 0 Å². The van der Waals surface area contributed by atoms with Gasteiger partial charge in [0.15, 0.2) is 11.4 Å². The molecule has 0 spiro atoms. The molecule has 0 saturated carbocycles. The Morgan fingerprint density at radius 2 is 2.15 bits per heavy atom. The van der Waals surface area contributed by atoms with Crippen LogP contribution in [0.5, 0.6) is 5.75 Å². The number of hydrogen-bond donors (Lipinski definition) is 1. The van der Waals surface area contributed by atoms with Crippen molar-refractivity contribution < 1.29 is 9.13 Å². The molecule has 0 radical (unpaired) electrons. The minimum Gasteiger partial charge on any atom is -0.493 e. The Morgan fingerprint density at radius 3 is 2.85 bits per heavy atom.